The molecule has 2 rings (SSSR count). The quantitative estimate of drug-likeness (QED) is 0.447. The molecule has 23 heavy (non-hydrogen) atoms. The normalized spacial score (nSPS) is 12.1. The molecule has 0 heterocycles. The first-order valence-corrected chi connectivity index (χ1v) is 7.85. The molecule has 2 N–H and O–H groups in total. The fourth-order valence-corrected chi connectivity index (χ4v) is 2.03. The first kappa shape index (κ1) is 17.7. The average molecular weight is 371 g/mol. The van der Waals surface area contributed by atoms with E-state index in [-0.39, 0.29) is 5.75 Å². The van der Waals surface area contributed by atoms with Crippen LogP contribution in [0.3, 0.4) is 0 Å². The smallest absolute Gasteiger partial charge is 0.252 e. The summed E-state index contributed by atoms with van der Waals surface area (Å²) < 4.78 is -2.05. The Morgan fingerprint density at radius 2 is 1.70 bits per heavy atom. The summed E-state index contributed by atoms with van der Waals surface area (Å²) in [7, 11) is 0. The van der Waals surface area contributed by atoms with Gasteiger partial charge in [-0.2, -0.15) is 0 Å². The second-order valence-corrected chi connectivity index (χ2v) is 7.21. The Kier molecular flexibility index (Phi) is 5.58. The second kappa shape index (κ2) is 7.26. The van der Waals surface area contributed by atoms with Crippen LogP contribution in [0.4, 0.5) is 5.69 Å². The van der Waals surface area contributed by atoms with Gasteiger partial charge in [-0.05, 0) is 24.6 Å². The third-order valence-electron chi connectivity index (χ3n) is 3.09. The van der Waals surface area contributed by atoms with E-state index in [1.807, 2.05) is 31.2 Å². The number of allylic oxidation sites excluding steroid dienone is 1. The molecule has 0 saturated heterocycles. The number of hydrogen-bond donors (Lipinski definition) is 2. The lowest BCUT2D eigenvalue weighted by atomic mass is 10.1. The van der Waals surface area contributed by atoms with E-state index in [0.717, 1.165) is 11.1 Å². The maximum absolute atomic E-state index is 12.0. The summed E-state index contributed by atoms with van der Waals surface area (Å²) in [6, 6.07) is 14.1. The molecule has 2 aromatic carbocycles. The molecule has 0 fully saturated rings. The predicted octanol–water partition coefficient (Wildman–Crippen LogP) is 5.09. The number of aryl methyl sites for hydroxylation is 1. The molecule has 0 saturated carbocycles. The minimum atomic E-state index is -2.05. The summed E-state index contributed by atoms with van der Waals surface area (Å²) in [6.45, 7) is 1.95. The van der Waals surface area contributed by atoms with E-state index in [4.69, 9.17) is 34.8 Å². The van der Waals surface area contributed by atoms with Gasteiger partial charge in [0, 0.05) is 11.8 Å². The molecule has 0 spiro atoms. The third-order valence-corrected chi connectivity index (χ3v) is 3.65. The van der Waals surface area contributed by atoms with Crippen LogP contribution in [0.1, 0.15) is 11.1 Å². The number of aromatic hydroxyl groups is 1. The van der Waals surface area contributed by atoms with E-state index < -0.39 is 9.58 Å². The number of hydrogen-bond acceptors (Lipinski definition) is 3. The van der Waals surface area contributed by atoms with E-state index in [1.54, 1.807) is 18.2 Å². The van der Waals surface area contributed by atoms with E-state index in [2.05, 4.69) is 5.32 Å². The SMILES string of the molecule is Cc1ccc(/C(=C/C(=O)C(Cl)(Cl)Cl)Nc2ccccc2O)cc1. The fraction of sp³-hybridized carbons (Fsp3) is 0.118. The summed E-state index contributed by atoms with van der Waals surface area (Å²) >= 11 is 16.9. The van der Waals surface area contributed by atoms with Gasteiger partial charge in [0.15, 0.2) is 0 Å². The standard InChI is InChI=1S/C17H14Cl3NO2/c1-11-6-8-12(9-7-11)14(10-16(23)17(18,19)20)21-13-4-2-3-5-15(13)22/h2-10,21-22H,1H3/b14-10-. The molecule has 0 aliphatic heterocycles. The monoisotopic (exact) mass is 369 g/mol. The number of phenolic OH excluding ortho intramolecular Hbond substituents is 1. The maximum Gasteiger partial charge on any atom is 0.252 e. The molecular formula is C17H14Cl3NO2. The average Bonchev–Trinajstić information content (AvgIpc) is 2.48. The van der Waals surface area contributed by atoms with Crippen molar-refractivity contribution in [1.82, 2.24) is 0 Å². The van der Waals surface area contributed by atoms with Gasteiger partial charge in [-0.15, -0.1) is 0 Å². The zero-order valence-electron chi connectivity index (χ0n) is 12.2. The van der Waals surface area contributed by atoms with Crippen molar-refractivity contribution in [3.63, 3.8) is 0 Å². The summed E-state index contributed by atoms with van der Waals surface area (Å²) in [5, 5.41) is 12.9. The Morgan fingerprint density at radius 1 is 1.09 bits per heavy atom. The summed E-state index contributed by atoms with van der Waals surface area (Å²) in [5.74, 6) is -0.632. The van der Waals surface area contributed by atoms with Gasteiger partial charge in [0.2, 0.25) is 5.78 Å². The van der Waals surface area contributed by atoms with Gasteiger partial charge in [-0.3, -0.25) is 4.79 Å². The molecule has 0 bridgehead atoms. The zero-order valence-corrected chi connectivity index (χ0v) is 14.5. The fourth-order valence-electron chi connectivity index (χ4n) is 1.86. The van der Waals surface area contributed by atoms with Gasteiger partial charge in [0.1, 0.15) is 5.75 Å². The predicted molar refractivity (Wildman–Crippen MR) is 96.2 cm³/mol. The van der Waals surface area contributed by atoms with Crippen LogP contribution in [0.2, 0.25) is 0 Å². The Labute approximate surface area is 149 Å². The van der Waals surface area contributed by atoms with Crippen LogP contribution < -0.4 is 5.32 Å². The van der Waals surface area contributed by atoms with Crippen LogP contribution in [0, 0.1) is 6.92 Å². The van der Waals surface area contributed by atoms with Crippen LogP contribution in [0.15, 0.2) is 54.6 Å². The Balaban J connectivity index is 2.43. The van der Waals surface area contributed by atoms with Crippen LogP contribution in [-0.2, 0) is 4.79 Å². The molecule has 0 amide bonds. The molecule has 120 valence electrons. The van der Waals surface area contributed by atoms with E-state index in [0.29, 0.717) is 11.4 Å². The molecule has 2 aromatic rings. The number of carbonyl (C=O) groups is 1. The van der Waals surface area contributed by atoms with Gasteiger partial charge in [0.25, 0.3) is 3.79 Å². The van der Waals surface area contributed by atoms with Gasteiger partial charge in [-0.25, -0.2) is 0 Å². The number of para-hydroxylation sites is 2. The highest BCUT2D eigenvalue weighted by molar-refractivity contribution is 6.77. The topological polar surface area (TPSA) is 49.3 Å². The number of ketones is 1. The first-order valence-electron chi connectivity index (χ1n) is 6.72. The number of phenols is 1. The van der Waals surface area contributed by atoms with Gasteiger partial charge in [0.05, 0.1) is 5.69 Å². The second-order valence-electron chi connectivity index (χ2n) is 4.93. The largest absolute Gasteiger partial charge is 0.506 e. The highest BCUT2D eigenvalue weighted by atomic mass is 35.6. The number of halogens is 3. The number of carbonyl (C=O) groups excluding carboxylic acids is 1. The lowest BCUT2D eigenvalue weighted by molar-refractivity contribution is -0.113. The third kappa shape index (κ3) is 4.90. The van der Waals surface area contributed by atoms with Gasteiger partial charge in [-0.1, -0.05) is 76.8 Å². The molecule has 6 heteroatoms. The number of nitrogens with one attached hydrogen (secondary N) is 1. The summed E-state index contributed by atoms with van der Waals surface area (Å²) in [4.78, 5) is 12.0. The van der Waals surface area contributed by atoms with Crippen molar-refractivity contribution in [3.8, 4) is 5.75 Å². The molecule has 3 nitrogen and oxygen atoms in total. The van der Waals surface area contributed by atoms with Crippen molar-refractivity contribution in [2.75, 3.05) is 5.32 Å². The van der Waals surface area contributed by atoms with Gasteiger partial charge >= 0.3 is 0 Å². The van der Waals surface area contributed by atoms with Crippen molar-refractivity contribution in [3.05, 3.63) is 65.7 Å². The van der Waals surface area contributed by atoms with Crippen molar-refractivity contribution < 1.29 is 9.90 Å². The van der Waals surface area contributed by atoms with E-state index in [9.17, 15) is 9.90 Å². The maximum atomic E-state index is 12.0. The van der Waals surface area contributed by atoms with Crippen LogP contribution in [0.5, 0.6) is 5.75 Å². The van der Waals surface area contributed by atoms with Crippen LogP contribution in [0.25, 0.3) is 5.70 Å². The lowest BCUT2D eigenvalue weighted by Gasteiger charge is -2.14. The lowest BCUT2D eigenvalue weighted by Crippen LogP contribution is -2.17. The highest BCUT2D eigenvalue weighted by Gasteiger charge is 2.29. The van der Waals surface area contributed by atoms with Crippen molar-refractivity contribution in [1.29, 1.82) is 0 Å². The summed E-state index contributed by atoms with van der Waals surface area (Å²) in [5.41, 5.74) is 2.66. The van der Waals surface area contributed by atoms with Crippen molar-refractivity contribution in [2.45, 2.75) is 10.7 Å². The highest BCUT2D eigenvalue weighted by Crippen LogP contribution is 2.31. The number of rotatable bonds is 4. The minimum Gasteiger partial charge on any atom is -0.506 e. The van der Waals surface area contributed by atoms with Gasteiger partial charge < -0.3 is 10.4 Å². The zero-order chi connectivity index (χ0) is 17.0. The van der Waals surface area contributed by atoms with Crippen LogP contribution in [-0.4, -0.2) is 14.7 Å². The van der Waals surface area contributed by atoms with E-state index >= 15 is 0 Å². The minimum absolute atomic E-state index is 0.0480. The molecule has 0 aromatic heterocycles. The summed E-state index contributed by atoms with van der Waals surface area (Å²) in [6.07, 6.45) is 1.21. The van der Waals surface area contributed by atoms with Crippen molar-refractivity contribution >= 4 is 52.0 Å². The van der Waals surface area contributed by atoms with Crippen LogP contribution >= 0.6 is 34.8 Å². The number of alkyl halides is 3. The first-order chi connectivity index (χ1) is 10.8. The molecule has 0 unspecified atom stereocenters. The number of benzene rings is 2. The Bertz CT molecular complexity index is 734. The number of anilines is 1. The molecule has 0 aliphatic rings. The molecular weight excluding hydrogens is 357 g/mol. The Morgan fingerprint density at radius 3 is 2.26 bits per heavy atom. The molecule has 0 atom stereocenters. The van der Waals surface area contributed by atoms with E-state index in [1.165, 1.54) is 12.1 Å². The molecule has 0 radical (unpaired) electrons. The molecule has 0 aliphatic carbocycles. The van der Waals surface area contributed by atoms with Crippen molar-refractivity contribution in [2.24, 2.45) is 0 Å². The Hall–Kier alpha value is -1.68.